The van der Waals surface area contributed by atoms with Crippen molar-refractivity contribution in [2.75, 3.05) is 6.61 Å². The summed E-state index contributed by atoms with van der Waals surface area (Å²) < 4.78 is 12.8. The van der Waals surface area contributed by atoms with Crippen molar-refractivity contribution in [2.24, 2.45) is 5.10 Å². The maximum absolute atomic E-state index is 6.05. The first-order chi connectivity index (χ1) is 14.2. The average Bonchev–Trinajstić information content (AvgIpc) is 2.73. The summed E-state index contributed by atoms with van der Waals surface area (Å²) in [6.45, 7) is 3.64. The van der Waals surface area contributed by atoms with E-state index in [1.807, 2.05) is 73.7 Å². The second kappa shape index (κ2) is 11.1. The molecule has 0 amide bonds. The summed E-state index contributed by atoms with van der Waals surface area (Å²) in [7, 11) is 0. The molecular weight excluding hydrogens is 499 g/mol. The van der Waals surface area contributed by atoms with E-state index in [2.05, 4.69) is 33.1 Å². The van der Waals surface area contributed by atoms with Crippen molar-refractivity contribution in [2.45, 2.75) is 20.1 Å². The van der Waals surface area contributed by atoms with Gasteiger partial charge in [0.05, 0.1) is 22.9 Å². The third-order valence-electron chi connectivity index (χ3n) is 4.06. The number of hydrogen-bond donors (Lipinski definition) is 1. The van der Waals surface area contributed by atoms with E-state index in [1.54, 1.807) is 6.21 Å². The molecule has 0 saturated carbocycles. The molecular formula is C23H22ClIN2O2. The van der Waals surface area contributed by atoms with Crippen molar-refractivity contribution < 1.29 is 9.47 Å². The Morgan fingerprint density at radius 3 is 2.48 bits per heavy atom. The molecule has 0 radical (unpaired) electrons. The van der Waals surface area contributed by atoms with Crippen LogP contribution in [0.15, 0.2) is 71.8 Å². The SMILES string of the molecule is CCOc1cc(/C=N\NCc2ccc(Cl)cc2)cc(I)c1OCc1ccccc1. The van der Waals surface area contributed by atoms with E-state index in [-0.39, 0.29) is 0 Å². The van der Waals surface area contributed by atoms with Gasteiger partial charge in [-0.05, 0) is 70.5 Å². The molecule has 0 aliphatic heterocycles. The standard InChI is InChI=1S/C23H22ClIN2O2/c1-2-28-22-13-19(15-27-26-14-17-8-10-20(24)11-9-17)12-21(25)23(22)29-16-18-6-4-3-5-7-18/h3-13,15,26H,2,14,16H2,1H3/b27-15-. The second-order valence-electron chi connectivity index (χ2n) is 6.26. The molecule has 3 aromatic carbocycles. The Balaban J connectivity index is 1.66. The van der Waals surface area contributed by atoms with E-state index in [0.717, 1.165) is 36.8 Å². The molecule has 150 valence electrons. The maximum Gasteiger partial charge on any atom is 0.175 e. The molecule has 0 heterocycles. The zero-order valence-electron chi connectivity index (χ0n) is 16.1. The lowest BCUT2D eigenvalue weighted by molar-refractivity contribution is 0.267. The summed E-state index contributed by atoms with van der Waals surface area (Å²) in [5.41, 5.74) is 6.22. The molecule has 4 nitrogen and oxygen atoms in total. The Morgan fingerprint density at radius 1 is 1.00 bits per heavy atom. The normalized spacial score (nSPS) is 10.9. The fourth-order valence-corrected chi connectivity index (χ4v) is 3.56. The monoisotopic (exact) mass is 520 g/mol. The molecule has 0 fully saturated rings. The van der Waals surface area contributed by atoms with Gasteiger partial charge in [-0.15, -0.1) is 0 Å². The average molecular weight is 521 g/mol. The highest BCUT2D eigenvalue weighted by atomic mass is 127. The molecule has 6 heteroatoms. The molecule has 0 aromatic heterocycles. The zero-order chi connectivity index (χ0) is 20.5. The quantitative estimate of drug-likeness (QED) is 0.212. The summed E-state index contributed by atoms with van der Waals surface area (Å²) in [5.74, 6) is 1.47. The van der Waals surface area contributed by atoms with E-state index >= 15 is 0 Å². The third-order valence-corrected chi connectivity index (χ3v) is 5.11. The Labute approximate surface area is 190 Å². The van der Waals surface area contributed by atoms with Gasteiger partial charge < -0.3 is 14.9 Å². The van der Waals surface area contributed by atoms with Gasteiger partial charge in [-0.25, -0.2) is 0 Å². The van der Waals surface area contributed by atoms with E-state index in [9.17, 15) is 0 Å². The summed E-state index contributed by atoms with van der Waals surface area (Å²) in [4.78, 5) is 0. The van der Waals surface area contributed by atoms with Gasteiger partial charge in [0.25, 0.3) is 0 Å². The molecule has 0 aliphatic rings. The first kappa shape index (κ1) is 21.5. The lowest BCUT2D eigenvalue weighted by Crippen LogP contribution is -2.06. The predicted octanol–water partition coefficient (Wildman–Crippen LogP) is 6.05. The van der Waals surface area contributed by atoms with E-state index < -0.39 is 0 Å². The molecule has 0 aliphatic carbocycles. The second-order valence-corrected chi connectivity index (χ2v) is 7.86. The highest BCUT2D eigenvalue weighted by Gasteiger charge is 2.12. The van der Waals surface area contributed by atoms with E-state index in [0.29, 0.717) is 19.8 Å². The molecule has 0 unspecified atom stereocenters. The molecule has 3 aromatic rings. The van der Waals surface area contributed by atoms with Crippen molar-refractivity contribution in [3.63, 3.8) is 0 Å². The molecule has 0 saturated heterocycles. The smallest absolute Gasteiger partial charge is 0.175 e. The topological polar surface area (TPSA) is 42.8 Å². The maximum atomic E-state index is 6.05. The van der Waals surface area contributed by atoms with Crippen LogP contribution in [0, 0.1) is 3.57 Å². The number of ether oxygens (including phenoxy) is 2. The number of hydrazone groups is 1. The van der Waals surface area contributed by atoms with E-state index in [1.165, 1.54) is 0 Å². The van der Waals surface area contributed by atoms with Crippen LogP contribution in [0.4, 0.5) is 0 Å². The minimum absolute atomic E-state index is 0.493. The number of hydrogen-bond acceptors (Lipinski definition) is 4. The third kappa shape index (κ3) is 6.65. The minimum Gasteiger partial charge on any atom is -0.490 e. The minimum atomic E-state index is 0.493. The number of nitrogens with zero attached hydrogens (tertiary/aromatic N) is 1. The van der Waals surface area contributed by atoms with Crippen LogP contribution >= 0.6 is 34.2 Å². The van der Waals surface area contributed by atoms with Crippen molar-refractivity contribution in [3.05, 3.63) is 92.0 Å². The van der Waals surface area contributed by atoms with Gasteiger partial charge in [0.2, 0.25) is 0 Å². The van der Waals surface area contributed by atoms with Crippen LogP contribution < -0.4 is 14.9 Å². The Morgan fingerprint density at radius 2 is 1.76 bits per heavy atom. The van der Waals surface area contributed by atoms with Crippen molar-refractivity contribution in [1.29, 1.82) is 0 Å². The molecule has 0 atom stereocenters. The lowest BCUT2D eigenvalue weighted by atomic mass is 10.2. The first-order valence-corrected chi connectivity index (χ1v) is 10.7. The van der Waals surface area contributed by atoms with Crippen LogP contribution in [0.25, 0.3) is 0 Å². The molecule has 3 rings (SSSR count). The molecule has 0 spiro atoms. The van der Waals surface area contributed by atoms with Gasteiger partial charge in [0.15, 0.2) is 11.5 Å². The molecule has 0 bridgehead atoms. The Bertz CT molecular complexity index is 947. The fraction of sp³-hybridized carbons (Fsp3) is 0.174. The van der Waals surface area contributed by atoms with Gasteiger partial charge in [-0.2, -0.15) is 5.10 Å². The fourth-order valence-electron chi connectivity index (χ4n) is 2.65. The summed E-state index contributed by atoms with van der Waals surface area (Å²) >= 11 is 8.17. The summed E-state index contributed by atoms with van der Waals surface area (Å²) in [5, 5.41) is 5.04. The highest BCUT2D eigenvalue weighted by molar-refractivity contribution is 14.1. The van der Waals surface area contributed by atoms with E-state index in [4.69, 9.17) is 21.1 Å². The van der Waals surface area contributed by atoms with Gasteiger partial charge in [0, 0.05) is 5.02 Å². The van der Waals surface area contributed by atoms with Gasteiger partial charge in [-0.1, -0.05) is 54.1 Å². The predicted molar refractivity (Wildman–Crippen MR) is 127 cm³/mol. The van der Waals surface area contributed by atoms with Crippen LogP contribution in [-0.4, -0.2) is 12.8 Å². The largest absolute Gasteiger partial charge is 0.490 e. The summed E-state index contributed by atoms with van der Waals surface area (Å²) in [6.07, 6.45) is 1.78. The van der Waals surface area contributed by atoms with Gasteiger partial charge in [-0.3, -0.25) is 0 Å². The van der Waals surface area contributed by atoms with Gasteiger partial charge in [0.1, 0.15) is 6.61 Å². The summed E-state index contributed by atoms with van der Waals surface area (Å²) in [6, 6.07) is 21.7. The zero-order valence-corrected chi connectivity index (χ0v) is 19.0. The van der Waals surface area contributed by atoms with Crippen molar-refractivity contribution >= 4 is 40.4 Å². The van der Waals surface area contributed by atoms with Crippen LogP contribution in [0.3, 0.4) is 0 Å². The Kier molecular flexibility index (Phi) is 8.19. The Hall–Kier alpha value is -2.25. The van der Waals surface area contributed by atoms with Crippen molar-refractivity contribution in [3.8, 4) is 11.5 Å². The van der Waals surface area contributed by atoms with Crippen LogP contribution in [0.5, 0.6) is 11.5 Å². The lowest BCUT2D eigenvalue weighted by Gasteiger charge is -2.14. The van der Waals surface area contributed by atoms with Crippen LogP contribution in [0.1, 0.15) is 23.6 Å². The number of rotatable bonds is 9. The van der Waals surface area contributed by atoms with Crippen LogP contribution in [0.2, 0.25) is 5.02 Å². The highest BCUT2D eigenvalue weighted by Crippen LogP contribution is 2.34. The number of nitrogens with one attached hydrogen (secondary N) is 1. The van der Waals surface area contributed by atoms with Crippen LogP contribution in [-0.2, 0) is 13.2 Å². The van der Waals surface area contributed by atoms with Crippen molar-refractivity contribution in [1.82, 2.24) is 5.43 Å². The number of halogens is 2. The molecule has 1 N–H and O–H groups in total. The molecule has 29 heavy (non-hydrogen) atoms. The number of benzene rings is 3. The van der Waals surface area contributed by atoms with Gasteiger partial charge >= 0.3 is 0 Å². The first-order valence-electron chi connectivity index (χ1n) is 9.29.